The number of nitrogens with zero attached hydrogens (tertiary/aromatic N) is 6. The van der Waals surface area contributed by atoms with Gasteiger partial charge in [-0.2, -0.15) is 9.41 Å². The van der Waals surface area contributed by atoms with Crippen LogP contribution in [0.4, 0.5) is 10.5 Å². The number of aliphatic hydroxyl groups is 1. The van der Waals surface area contributed by atoms with Gasteiger partial charge in [-0.05, 0) is 72.2 Å². The van der Waals surface area contributed by atoms with Crippen molar-refractivity contribution in [1.29, 1.82) is 0 Å². The first-order valence-corrected chi connectivity index (χ1v) is 12.3. The molecule has 2 aromatic carbocycles. The van der Waals surface area contributed by atoms with Gasteiger partial charge in [0.15, 0.2) is 6.20 Å². The van der Waals surface area contributed by atoms with Crippen molar-refractivity contribution in [3.05, 3.63) is 94.1 Å². The predicted octanol–water partition coefficient (Wildman–Crippen LogP) is 3.59. The van der Waals surface area contributed by atoms with Crippen LogP contribution < -0.4 is 10.0 Å². The minimum absolute atomic E-state index is 0.205. The molecule has 0 fully saturated rings. The molecular formula is C26H21ClN8O4. The average Bonchev–Trinajstić information content (AvgIpc) is 3.65. The number of anilines is 1. The Hall–Kier alpha value is -4.81. The van der Waals surface area contributed by atoms with Gasteiger partial charge in [-0.3, -0.25) is 5.32 Å². The van der Waals surface area contributed by atoms with Gasteiger partial charge in [0.1, 0.15) is 12.2 Å². The van der Waals surface area contributed by atoms with Crippen LogP contribution in [0.25, 0.3) is 28.1 Å². The van der Waals surface area contributed by atoms with E-state index in [-0.39, 0.29) is 17.9 Å². The summed E-state index contributed by atoms with van der Waals surface area (Å²) in [5, 5.41) is 48.3. The van der Waals surface area contributed by atoms with Crippen LogP contribution in [0.3, 0.4) is 0 Å². The lowest BCUT2D eigenvalue weighted by atomic mass is 9.98. The molecule has 5 aromatic rings. The van der Waals surface area contributed by atoms with Crippen molar-refractivity contribution in [2.75, 3.05) is 5.32 Å². The molecule has 0 radical (unpaired) electrons. The lowest BCUT2D eigenvalue weighted by molar-refractivity contribution is -0.620. The van der Waals surface area contributed by atoms with Crippen LogP contribution in [0, 0.1) is 12.1 Å². The smallest absolute Gasteiger partial charge is 0.409 e. The molecule has 1 unspecified atom stereocenters. The van der Waals surface area contributed by atoms with E-state index in [0.717, 1.165) is 11.1 Å². The van der Waals surface area contributed by atoms with Gasteiger partial charge < -0.3 is 20.4 Å². The Balaban J connectivity index is 1.37. The minimum atomic E-state index is -1.63. The average molecular weight is 545 g/mol. The molecule has 1 amide bonds. The maximum atomic E-state index is 13.4. The summed E-state index contributed by atoms with van der Waals surface area (Å²) in [4.78, 5) is 18.5. The SMILES string of the molecule is Cc1cc(NC(=O)O)ccc1-c1cnc(C2(O)CCc3cc(-c4cc(Cl)ccc4-n4cnnn4)c[n+]([O-])c32)[nH]1. The monoisotopic (exact) mass is 544 g/mol. The molecule has 3 heterocycles. The van der Waals surface area contributed by atoms with Crippen LogP contribution in [-0.4, -0.2) is 46.5 Å². The molecule has 3 aromatic heterocycles. The Morgan fingerprint density at radius 2 is 2.08 bits per heavy atom. The van der Waals surface area contributed by atoms with Gasteiger partial charge in [-0.1, -0.05) is 17.7 Å². The van der Waals surface area contributed by atoms with Gasteiger partial charge in [0.25, 0.3) is 0 Å². The van der Waals surface area contributed by atoms with E-state index in [1.807, 2.05) is 13.0 Å². The third kappa shape index (κ3) is 4.25. The number of hydrogen-bond donors (Lipinski definition) is 4. The number of fused-ring (bicyclic) bond motifs is 1. The number of hydrogen-bond acceptors (Lipinski definition) is 7. The first-order chi connectivity index (χ1) is 18.7. The van der Waals surface area contributed by atoms with Crippen LogP contribution in [0.1, 0.15) is 29.1 Å². The van der Waals surface area contributed by atoms with E-state index in [0.29, 0.717) is 49.9 Å². The van der Waals surface area contributed by atoms with E-state index < -0.39 is 11.7 Å². The van der Waals surface area contributed by atoms with E-state index in [4.69, 9.17) is 16.7 Å². The molecule has 196 valence electrons. The van der Waals surface area contributed by atoms with Crippen LogP contribution in [0.2, 0.25) is 5.02 Å². The van der Waals surface area contributed by atoms with Gasteiger partial charge in [0.2, 0.25) is 11.3 Å². The van der Waals surface area contributed by atoms with Gasteiger partial charge >= 0.3 is 6.09 Å². The Kier molecular flexibility index (Phi) is 5.78. The fourth-order valence-corrected chi connectivity index (χ4v) is 5.29. The predicted molar refractivity (Wildman–Crippen MR) is 140 cm³/mol. The molecule has 0 aliphatic heterocycles. The summed E-state index contributed by atoms with van der Waals surface area (Å²) in [6, 6.07) is 12.2. The summed E-state index contributed by atoms with van der Waals surface area (Å²) >= 11 is 6.28. The highest BCUT2D eigenvalue weighted by molar-refractivity contribution is 6.31. The molecule has 39 heavy (non-hydrogen) atoms. The maximum absolute atomic E-state index is 13.4. The van der Waals surface area contributed by atoms with E-state index in [2.05, 4.69) is 30.8 Å². The largest absolute Gasteiger partial charge is 0.618 e. The molecular weight excluding hydrogens is 524 g/mol. The molecule has 0 bridgehead atoms. The number of tetrazole rings is 1. The maximum Gasteiger partial charge on any atom is 0.409 e. The van der Waals surface area contributed by atoms with Crippen molar-refractivity contribution in [3.8, 4) is 28.1 Å². The summed E-state index contributed by atoms with van der Waals surface area (Å²) in [5.74, 6) is 0.248. The third-order valence-corrected chi connectivity index (χ3v) is 7.09. The van der Waals surface area contributed by atoms with Gasteiger partial charge in [-0.25, -0.2) is 9.78 Å². The number of imidazole rings is 1. The van der Waals surface area contributed by atoms with Crippen LogP contribution in [0.5, 0.6) is 0 Å². The van der Waals surface area contributed by atoms with Gasteiger partial charge in [0.05, 0.1) is 17.6 Å². The van der Waals surface area contributed by atoms with Gasteiger partial charge in [-0.15, -0.1) is 5.10 Å². The van der Waals surface area contributed by atoms with Crippen molar-refractivity contribution in [1.82, 2.24) is 30.2 Å². The van der Waals surface area contributed by atoms with Crippen molar-refractivity contribution in [2.45, 2.75) is 25.4 Å². The number of aromatic nitrogens is 7. The highest BCUT2D eigenvalue weighted by Crippen LogP contribution is 2.41. The van der Waals surface area contributed by atoms with Crippen molar-refractivity contribution in [2.24, 2.45) is 0 Å². The molecule has 4 N–H and O–H groups in total. The topological polar surface area (TPSA) is 169 Å². The van der Waals surface area contributed by atoms with E-state index in [1.54, 1.807) is 42.6 Å². The summed E-state index contributed by atoms with van der Waals surface area (Å²) < 4.78 is 2.17. The van der Waals surface area contributed by atoms with Crippen LogP contribution in [0.15, 0.2) is 61.2 Å². The van der Waals surface area contributed by atoms with Crippen molar-refractivity contribution in [3.63, 3.8) is 0 Å². The molecule has 1 aliphatic carbocycles. The van der Waals surface area contributed by atoms with Crippen LogP contribution >= 0.6 is 11.6 Å². The Morgan fingerprint density at radius 1 is 1.23 bits per heavy atom. The van der Waals surface area contributed by atoms with Crippen molar-refractivity contribution >= 4 is 23.4 Å². The summed E-state index contributed by atoms with van der Waals surface area (Å²) in [7, 11) is 0. The Morgan fingerprint density at radius 3 is 2.82 bits per heavy atom. The number of benzene rings is 2. The fourth-order valence-electron chi connectivity index (χ4n) is 5.12. The number of nitrogens with one attached hydrogen (secondary N) is 2. The standard InChI is InChI=1S/C26H21ClN8O4/c1-14-8-18(30-25(36)37)3-4-19(14)21-11-28-24(31-21)26(38)7-6-15-9-16(12-35(39)23(15)26)20-10-17(27)2-5-22(20)34-13-29-32-33-34/h2-5,8-13,30,38H,6-7H2,1H3,(H,28,31)(H,36,37). The van der Waals surface area contributed by atoms with E-state index in [1.165, 1.54) is 17.2 Å². The van der Waals surface area contributed by atoms with Gasteiger partial charge in [0, 0.05) is 33.0 Å². The summed E-state index contributed by atoms with van der Waals surface area (Å²) in [6.07, 6.45) is 4.01. The number of carboxylic acid groups (broad SMARTS) is 1. The second kappa shape index (κ2) is 9.19. The lowest BCUT2D eigenvalue weighted by Gasteiger charge is -2.20. The fraction of sp³-hybridized carbons (Fsp3) is 0.154. The number of H-pyrrole nitrogens is 1. The number of pyridine rings is 1. The molecule has 0 saturated heterocycles. The zero-order chi connectivity index (χ0) is 27.3. The zero-order valence-corrected chi connectivity index (χ0v) is 21.2. The molecule has 12 nitrogen and oxygen atoms in total. The second-order valence-electron chi connectivity index (χ2n) is 9.31. The zero-order valence-electron chi connectivity index (χ0n) is 20.5. The minimum Gasteiger partial charge on any atom is -0.618 e. The molecule has 13 heteroatoms. The van der Waals surface area contributed by atoms with E-state index >= 15 is 0 Å². The normalized spacial score (nSPS) is 16.3. The highest BCUT2D eigenvalue weighted by Gasteiger charge is 2.48. The van der Waals surface area contributed by atoms with Crippen molar-refractivity contribution < 1.29 is 19.7 Å². The molecule has 1 aliphatic rings. The number of halogens is 1. The molecule has 0 spiro atoms. The number of amides is 1. The molecule has 0 saturated carbocycles. The number of aryl methyl sites for hydroxylation is 2. The molecule has 6 rings (SSSR count). The third-order valence-electron chi connectivity index (χ3n) is 6.86. The second-order valence-corrected chi connectivity index (χ2v) is 9.75. The number of rotatable bonds is 5. The first-order valence-electron chi connectivity index (χ1n) is 11.9. The Labute approximate surface area is 226 Å². The van der Waals surface area contributed by atoms with E-state index in [9.17, 15) is 15.1 Å². The highest BCUT2D eigenvalue weighted by atomic mass is 35.5. The van der Waals surface area contributed by atoms with Crippen LogP contribution in [-0.2, 0) is 12.0 Å². The summed E-state index contributed by atoms with van der Waals surface area (Å²) in [5.41, 5.74) is 3.84. The molecule has 1 atom stereocenters. The number of aromatic amines is 1. The Bertz CT molecular complexity index is 1740. The lowest BCUT2D eigenvalue weighted by Crippen LogP contribution is -2.42. The quantitative estimate of drug-likeness (QED) is 0.192. The summed E-state index contributed by atoms with van der Waals surface area (Å²) in [6.45, 7) is 1.84. The first kappa shape index (κ1) is 24.5. The number of carbonyl (C=O) groups is 1.